The summed E-state index contributed by atoms with van der Waals surface area (Å²) in [5.41, 5.74) is 0. The molecule has 2 heteroatoms. The second-order valence-corrected chi connectivity index (χ2v) is 3.27. The highest BCUT2D eigenvalue weighted by atomic mass is 35.5. The van der Waals surface area contributed by atoms with Crippen LogP contribution in [-0.4, -0.2) is 0 Å². The molecule has 0 aliphatic rings. The summed E-state index contributed by atoms with van der Waals surface area (Å²) < 4.78 is 0. The Bertz CT molecular complexity index is 144. The molecule has 0 radical (unpaired) electrons. The highest BCUT2D eigenvalue weighted by Crippen LogP contribution is 2.23. The summed E-state index contributed by atoms with van der Waals surface area (Å²) in [4.78, 5) is 1.24. The van der Waals surface area contributed by atoms with Crippen LogP contribution in [0.4, 0.5) is 0 Å². The van der Waals surface area contributed by atoms with Gasteiger partial charge in [0, 0.05) is 4.88 Å². The second kappa shape index (κ2) is 2.51. The minimum absolute atomic E-state index is 0.176. The zero-order valence-electron chi connectivity index (χ0n) is 4.60. The number of hydrogen-bond donors (Lipinski definition) is 0. The number of thiophene rings is 1. The average molecular weight is 147 g/mol. The van der Waals surface area contributed by atoms with Crippen LogP contribution in [-0.2, 0) is 0 Å². The minimum Gasteiger partial charge on any atom is -0.147 e. The molecule has 0 amide bonds. The lowest BCUT2D eigenvalue weighted by Crippen LogP contribution is -1.72. The monoisotopic (exact) mass is 146 g/mol. The van der Waals surface area contributed by atoms with Crippen LogP contribution >= 0.6 is 22.9 Å². The Morgan fingerprint density at radius 2 is 2.50 bits per heavy atom. The zero-order valence-corrected chi connectivity index (χ0v) is 6.17. The van der Waals surface area contributed by atoms with Gasteiger partial charge in [-0.3, -0.25) is 0 Å². The summed E-state index contributed by atoms with van der Waals surface area (Å²) in [5, 5.41) is 2.21. The first kappa shape index (κ1) is 6.12. The van der Waals surface area contributed by atoms with Crippen LogP contribution in [0.25, 0.3) is 0 Å². The van der Waals surface area contributed by atoms with Crippen molar-refractivity contribution in [1.29, 1.82) is 0 Å². The van der Waals surface area contributed by atoms with Gasteiger partial charge in [0.1, 0.15) is 0 Å². The van der Waals surface area contributed by atoms with E-state index in [1.807, 2.05) is 24.4 Å². The lowest BCUT2D eigenvalue weighted by Gasteiger charge is -1.92. The maximum Gasteiger partial charge on any atom is 0.0650 e. The summed E-state index contributed by atoms with van der Waals surface area (Å²) in [6, 6.07) is 4.06. The largest absolute Gasteiger partial charge is 0.147 e. The summed E-state index contributed by atoms with van der Waals surface area (Å²) in [6.45, 7) is 1.98. The summed E-state index contributed by atoms with van der Waals surface area (Å²) in [5.74, 6) is 0. The number of rotatable bonds is 1. The molecule has 44 valence electrons. The molecule has 0 saturated carbocycles. The van der Waals surface area contributed by atoms with Gasteiger partial charge in [0.2, 0.25) is 0 Å². The topological polar surface area (TPSA) is 0 Å². The first-order chi connectivity index (χ1) is 3.80. The molecule has 0 saturated heterocycles. The zero-order chi connectivity index (χ0) is 5.98. The van der Waals surface area contributed by atoms with E-state index in [0.29, 0.717) is 0 Å². The Hall–Kier alpha value is -0.0100. The molecule has 1 aromatic rings. The summed E-state index contributed by atoms with van der Waals surface area (Å²) >= 11 is 7.45. The average Bonchev–Trinajstić information content (AvgIpc) is 2.12. The van der Waals surface area contributed by atoms with Gasteiger partial charge >= 0.3 is 0 Å². The highest BCUT2D eigenvalue weighted by molar-refractivity contribution is 7.10. The van der Waals surface area contributed by atoms with Crippen molar-refractivity contribution in [2.75, 3.05) is 0 Å². The van der Waals surface area contributed by atoms with Crippen molar-refractivity contribution in [2.24, 2.45) is 0 Å². The van der Waals surface area contributed by atoms with E-state index in [2.05, 4.69) is 0 Å². The van der Waals surface area contributed by atoms with Crippen molar-refractivity contribution in [2.45, 2.75) is 12.3 Å². The Morgan fingerprint density at radius 1 is 1.75 bits per heavy atom. The number of alkyl halides is 1. The predicted octanol–water partition coefficient (Wildman–Crippen LogP) is 3.05. The standard InChI is InChI=1S/C6H7ClS/c1-5(7)6-3-2-4-8-6/h2-5H,1H3/t5-/m1/s1. The third-order valence-corrected chi connectivity index (χ3v) is 2.35. The van der Waals surface area contributed by atoms with E-state index in [1.165, 1.54) is 4.88 Å². The van der Waals surface area contributed by atoms with Gasteiger partial charge in [-0.2, -0.15) is 0 Å². The molecule has 0 aliphatic heterocycles. The fourth-order valence-electron chi connectivity index (χ4n) is 0.518. The SMILES string of the molecule is C[C@@H](Cl)c1cccs1. The Labute approximate surface area is 58.1 Å². The summed E-state index contributed by atoms with van der Waals surface area (Å²) in [6.07, 6.45) is 0. The van der Waals surface area contributed by atoms with Crippen molar-refractivity contribution in [3.05, 3.63) is 22.4 Å². The molecule has 0 spiro atoms. The summed E-state index contributed by atoms with van der Waals surface area (Å²) in [7, 11) is 0. The van der Waals surface area contributed by atoms with Crippen LogP contribution in [0, 0.1) is 0 Å². The van der Waals surface area contributed by atoms with Crippen LogP contribution in [0.2, 0.25) is 0 Å². The van der Waals surface area contributed by atoms with Crippen molar-refractivity contribution in [1.82, 2.24) is 0 Å². The van der Waals surface area contributed by atoms with Crippen LogP contribution in [0.1, 0.15) is 17.2 Å². The molecule has 0 aliphatic carbocycles. The molecule has 0 unspecified atom stereocenters. The molecule has 0 nitrogen and oxygen atoms in total. The molecule has 0 fully saturated rings. The van der Waals surface area contributed by atoms with Gasteiger partial charge < -0.3 is 0 Å². The molecule has 0 aromatic carbocycles. The van der Waals surface area contributed by atoms with Crippen LogP contribution in [0.3, 0.4) is 0 Å². The number of halogens is 1. The van der Waals surface area contributed by atoms with Crippen molar-refractivity contribution in [3.8, 4) is 0 Å². The van der Waals surface area contributed by atoms with Gasteiger partial charge in [0.15, 0.2) is 0 Å². The predicted molar refractivity (Wildman–Crippen MR) is 38.6 cm³/mol. The maximum absolute atomic E-state index is 5.75. The lowest BCUT2D eigenvalue weighted by atomic mass is 10.4. The van der Waals surface area contributed by atoms with Crippen LogP contribution in [0.15, 0.2) is 17.5 Å². The molecule has 1 heterocycles. The van der Waals surface area contributed by atoms with E-state index in [4.69, 9.17) is 11.6 Å². The molecule has 0 N–H and O–H groups in total. The molecule has 1 aromatic heterocycles. The van der Waals surface area contributed by atoms with E-state index in [1.54, 1.807) is 11.3 Å². The Kier molecular flexibility index (Phi) is 1.92. The van der Waals surface area contributed by atoms with E-state index in [9.17, 15) is 0 Å². The molecular weight excluding hydrogens is 140 g/mol. The lowest BCUT2D eigenvalue weighted by molar-refractivity contribution is 1.12. The Morgan fingerprint density at radius 3 is 2.75 bits per heavy atom. The van der Waals surface area contributed by atoms with Gasteiger partial charge in [0.25, 0.3) is 0 Å². The van der Waals surface area contributed by atoms with E-state index >= 15 is 0 Å². The van der Waals surface area contributed by atoms with Crippen molar-refractivity contribution >= 4 is 22.9 Å². The maximum atomic E-state index is 5.75. The molecule has 0 bridgehead atoms. The van der Waals surface area contributed by atoms with Gasteiger partial charge in [-0.05, 0) is 18.4 Å². The first-order valence-corrected chi connectivity index (χ1v) is 3.80. The molecule has 8 heavy (non-hydrogen) atoms. The quantitative estimate of drug-likeness (QED) is 0.535. The molecule has 1 rings (SSSR count). The van der Waals surface area contributed by atoms with Gasteiger partial charge in [-0.1, -0.05) is 6.07 Å². The third-order valence-electron chi connectivity index (χ3n) is 0.935. The number of hydrogen-bond acceptors (Lipinski definition) is 1. The molecular formula is C6H7ClS. The van der Waals surface area contributed by atoms with E-state index in [0.717, 1.165) is 0 Å². The smallest absolute Gasteiger partial charge is 0.0650 e. The highest BCUT2D eigenvalue weighted by Gasteiger charge is 1.98. The van der Waals surface area contributed by atoms with Crippen molar-refractivity contribution in [3.63, 3.8) is 0 Å². The molecule has 1 atom stereocenters. The third kappa shape index (κ3) is 1.23. The van der Waals surface area contributed by atoms with Crippen LogP contribution < -0.4 is 0 Å². The fourth-order valence-corrected chi connectivity index (χ4v) is 1.40. The van der Waals surface area contributed by atoms with Gasteiger partial charge in [0.05, 0.1) is 5.38 Å². The van der Waals surface area contributed by atoms with Crippen LogP contribution in [0.5, 0.6) is 0 Å². The first-order valence-electron chi connectivity index (χ1n) is 2.48. The Balaban J connectivity index is 2.77. The van der Waals surface area contributed by atoms with Gasteiger partial charge in [-0.15, -0.1) is 22.9 Å². The van der Waals surface area contributed by atoms with E-state index < -0.39 is 0 Å². The van der Waals surface area contributed by atoms with Gasteiger partial charge in [-0.25, -0.2) is 0 Å². The fraction of sp³-hybridized carbons (Fsp3) is 0.333. The second-order valence-electron chi connectivity index (χ2n) is 1.63. The van der Waals surface area contributed by atoms with Crippen molar-refractivity contribution < 1.29 is 0 Å². The van der Waals surface area contributed by atoms with E-state index in [-0.39, 0.29) is 5.38 Å². The normalized spacial score (nSPS) is 13.8. The minimum atomic E-state index is 0.176.